The van der Waals surface area contributed by atoms with Gasteiger partial charge in [-0.25, -0.2) is 14.8 Å². The van der Waals surface area contributed by atoms with Crippen molar-refractivity contribution in [1.29, 1.82) is 0 Å². The molecule has 0 spiro atoms. The van der Waals surface area contributed by atoms with E-state index in [4.69, 9.17) is 4.74 Å². The number of aromatic nitrogens is 4. The average Bonchev–Trinajstić information content (AvgIpc) is 3.12. The van der Waals surface area contributed by atoms with E-state index in [0.717, 1.165) is 11.4 Å². The molecule has 1 aromatic carbocycles. The van der Waals surface area contributed by atoms with E-state index in [1.165, 1.54) is 13.3 Å². The molecule has 140 valence electrons. The van der Waals surface area contributed by atoms with Crippen LogP contribution < -0.4 is 15.4 Å². The van der Waals surface area contributed by atoms with Crippen molar-refractivity contribution in [3.8, 4) is 5.88 Å². The number of carbonyl (C=O) groups is 1. The molecule has 3 rings (SSSR count). The van der Waals surface area contributed by atoms with E-state index in [1.807, 2.05) is 37.4 Å². The Hall–Kier alpha value is -3.42. The molecule has 8 nitrogen and oxygen atoms in total. The average molecular weight is 366 g/mol. The van der Waals surface area contributed by atoms with Crippen LogP contribution in [0.5, 0.6) is 5.88 Å². The van der Waals surface area contributed by atoms with Crippen LogP contribution in [0.3, 0.4) is 0 Å². The van der Waals surface area contributed by atoms with Crippen LogP contribution in [-0.2, 0) is 6.54 Å². The van der Waals surface area contributed by atoms with E-state index in [0.29, 0.717) is 17.3 Å². The van der Waals surface area contributed by atoms with Gasteiger partial charge in [0, 0.05) is 18.1 Å². The zero-order valence-corrected chi connectivity index (χ0v) is 15.5. The highest BCUT2D eigenvalue weighted by molar-refractivity contribution is 5.89. The van der Waals surface area contributed by atoms with Gasteiger partial charge < -0.3 is 19.9 Å². The van der Waals surface area contributed by atoms with Crippen molar-refractivity contribution >= 4 is 11.7 Å². The van der Waals surface area contributed by atoms with Crippen LogP contribution in [0, 0.1) is 6.92 Å². The summed E-state index contributed by atoms with van der Waals surface area (Å²) in [6.07, 6.45) is 6.82. The summed E-state index contributed by atoms with van der Waals surface area (Å²) in [6, 6.07) is 7.61. The number of carbonyl (C=O) groups excluding carboxylic acids is 1. The second-order valence-electron chi connectivity index (χ2n) is 6.04. The minimum Gasteiger partial charge on any atom is -0.480 e. The summed E-state index contributed by atoms with van der Waals surface area (Å²) in [5.41, 5.74) is 2.49. The van der Waals surface area contributed by atoms with Crippen molar-refractivity contribution in [2.45, 2.75) is 26.4 Å². The third kappa shape index (κ3) is 4.60. The lowest BCUT2D eigenvalue weighted by atomic mass is 10.1. The van der Waals surface area contributed by atoms with Crippen molar-refractivity contribution in [2.75, 3.05) is 12.4 Å². The molecule has 0 radical (unpaired) electrons. The predicted octanol–water partition coefficient (Wildman–Crippen LogP) is 2.92. The molecule has 2 aromatic heterocycles. The molecule has 0 saturated heterocycles. The van der Waals surface area contributed by atoms with E-state index in [-0.39, 0.29) is 18.6 Å². The molecule has 3 aromatic rings. The third-order valence-corrected chi connectivity index (χ3v) is 4.25. The molecule has 27 heavy (non-hydrogen) atoms. The summed E-state index contributed by atoms with van der Waals surface area (Å²) in [6.45, 7) is 4.36. The van der Waals surface area contributed by atoms with Crippen LogP contribution in [0.4, 0.5) is 10.5 Å². The largest absolute Gasteiger partial charge is 0.480 e. The van der Waals surface area contributed by atoms with E-state index in [9.17, 15) is 4.79 Å². The van der Waals surface area contributed by atoms with Crippen LogP contribution in [0.1, 0.15) is 30.0 Å². The fourth-order valence-corrected chi connectivity index (χ4v) is 2.69. The number of hydrogen-bond acceptors (Lipinski definition) is 5. The molecule has 2 heterocycles. The molecule has 0 aliphatic carbocycles. The Morgan fingerprint density at radius 3 is 2.56 bits per heavy atom. The van der Waals surface area contributed by atoms with Crippen LogP contribution in [-0.4, -0.2) is 32.7 Å². The molecule has 0 aliphatic rings. The molecule has 0 fully saturated rings. The Morgan fingerprint density at radius 1 is 1.19 bits per heavy atom. The van der Waals surface area contributed by atoms with E-state index < -0.39 is 0 Å². The first-order chi connectivity index (χ1) is 13.1. The molecule has 0 unspecified atom stereocenters. The van der Waals surface area contributed by atoms with Crippen molar-refractivity contribution in [2.24, 2.45) is 0 Å². The van der Waals surface area contributed by atoms with Gasteiger partial charge in [-0.15, -0.1) is 0 Å². The van der Waals surface area contributed by atoms with Gasteiger partial charge in [-0.1, -0.05) is 12.1 Å². The second-order valence-corrected chi connectivity index (χ2v) is 6.04. The lowest BCUT2D eigenvalue weighted by Gasteiger charge is -2.16. The Balaban J connectivity index is 1.54. The molecule has 2 N–H and O–H groups in total. The number of hydrogen-bond donors (Lipinski definition) is 2. The van der Waals surface area contributed by atoms with Crippen molar-refractivity contribution in [1.82, 2.24) is 24.8 Å². The van der Waals surface area contributed by atoms with Gasteiger partial charge in [0.05, 0.1) is 37.8 Å². The van der Waals surface area contributed by atoms with Crippen LogP contribution >= 0.6 is 0 Å². The summed E-state index contributed by atoms with van der Waals surface area (Å²) in [4.78, 5) is 24.5. The molecule has 0 bridgehead atoms. The third-order valence-electron chi connectivity index (χ3n) is 4.25. The van der Waals surface area contributed by atoms with Gasteiger partial charge in [0.1, 0.15) is 5.82 Å². The van der Waals surface area contributed by atoms with Crippen LogP contribution in [0.25, 0.3) is 0 Å². The fraction of sp³-hybridized carbons (Fsp3) is 0.263. The summed E-state index contributed by atoms with van der Waals surface area (Å²) < 4.78 is 7.05. The SMILES string of the molecule is COc1cnc(CNC(=O)Nc2ccc([C@@H](C)n3ccnc3C)cc2)cn1. The summed E-state index contributed by atoms with van der Waals surface area (Å²) in [5, 5.41) is 5.55. The number of nitrogens with one attached hydrogen (secondary N) is 2. The van der Waals surface area contributed by atoms with Crippen molar-refractivity contribution < 1.29 is 9.53 Å². The fourth-order valence-electron chi connectivity index (χ4n) is 2.69. The highest BCUT2D eigenvalue weighted by atomic mass is 16.5. The molecular formula is C19H22N6O2. The van der Waals surface area contributed by atoms with E-state index in [2.05, 4.69) is 37.1 Å². The number of benzene rings is 1. The molecule has 0 aliphatic heterocycles. The standard InChI is InChI=1S/C19H22N6O2/c1-13(25-9-8-20-14(25)2)15-4-6-16(7-5-15)24-19(26)23-11-17-10-22-18(27-3)12-21-17/h4-10,12-13H,11H2,1-3H3,(H2,23,24,26)/t13-/m1/s1. The highest BCUT2D eigenvalue weighted by Crippen LogP contribution is 2.21. The first-order valence-corrected chi connectivity index (χ1v) is 8.56. The van der Waals surface area contributed by atoms with Crippen molar-refractivity contribution in [3.63, 3.8) is 0 Å². The molecular weight excluding hydrogens is 344 g/mol. The molecule has 0 saturated carbocycles. The van der Waals surface area contributed by atoms with Gasteiger partial charge in [-0.2, -0.15) is 0 Å². The number of methoxy groups -OCH3 is 1. The van der Waals surface area contributed by atoms with Crippen LogP contribution in [0.2, 0.25) is 0 Å². The number of ether oxygens (including phenoxy) is 1. The minimum atomic E-state index is -0.307. The van der Waals surface area contributed by atoms with Gasteiger partial charge in [-0.3, -0.25) is 4.98 Å². The van der Waals surface area contributed by atoms with Gasteiger partial charge in [0.2, 0.25) is 5.88 Å². The minimum absolute atomic E-state index is 0.170. The van der Waals surface area contributed by atoms with Crippen molar-refractivity contribution in [3.05, 3.63) is 66.1 Å². The number of imidazole rings is 1. The van der Waals surface area contributed by atoms with Gasteiger partial charge in [0.25, 0.3) is 0 Å². The maximum atomic E-state index is 12.1. The Labute approximate surface area is 157 Å². The summed E-state index contributed by atoms with van der Waals surface area (Å²) in [5.74, 6) is 1.40. The maximum absolute atomic E-state index is 12.1. The number of amides is 2. The predicted molar refractivity (Wildman–Crippen MR) is 102 cm³/mol. The first kappa shape index (κ1) is 18.4. The van der Waals surface area contributed by atoms with E-state index >= 15 is 0 Å². The molecule has 8 heteroatoms. The Kier molecular flexibility index (Phi) is 5.65. The smallest absolute Gasteiger partial charge is 0.319 e. The molecule has 1 atom stereocenters. The summed E-state index contributed by atoms with van der Waals surface area (Å²) >= 11 is 0. The zero-order valence-electron chi connectivity index (χ0n) is 15.5. The number of urea groups is 1. The number of rotatable bonds is 6. The lowest BCUT2D eigenvalue weighted by molar-refractivity contribution is 0.251. The van der Waals surface area contributed by atoms with Gasteiger partial charge in [0.15, 0.2) is 0 Å². The Morgan fingerprint density at radius 2 is 1.96 bits per heavy atom. The first-order valence-electron chi connectivity index (χ1n) is 8.56. The quantitative estimate of drug-likeness (QED) is 0.699. The van der Waals surface area contributed by atoms with Gasteiger partial charge >= 0.3 is 6.03 Å². The number of anilines is 1. The number of aryl methyl sites for hydroxylation is 1. The topological polar surface area (TPSA) is 94.0 Å². The monoisotopic (exact) mass is 366 g/mol. The maximum Gasteiger partial charge on any atom is 0.319 e. The van der Waals surface area contributed by atoms with E-state index in [1.54, 1.807) is 12.4 Å². The summed E-state index contributed by atoms with van der Waals surface area (Å²) in [7, 11) is 1.53. The second kappa shape index (κ2) is 8.31. The van der Waals surface area contributed by atoms with Crippen LogP contribution in [0.15, 0.2) is 49.1 Å². The molecule has 2 amide bonds. The normalized spacial score (nSPS) is 11.7. The Bertz CT molecular complexity index is 889. The number of nitrogens with zero attached hydrogens (tertiary/aromatic N) is 4. The van der Waals surface area contributed by atoms with Gasteiger partial charge in [-0.05, 0) is 31.5 Å². The zero-order chi connectivity index (χ0) is 19.2. The lowest BCUT2D eigenvalue weighted by Crippen LogP contribution is -2.28. The highest BCUT2D eigenvalue weighted by Gasteiger charge is 2.10.